The summed E-state index contributed by atoms with van der Waals surface area (Å²) in [6.45, 7) is 9.18. The van der Waals surface area contributed by atoms with E-state index in [0.717, 1.165) is 58.0 Å². The minimum Gasteiger partial charge on any atom is -0.381 e. The van der Waals surface area contributed by atoms with E-state index in [1.807, 2.05) is 18.7 Å². The lowest BCUT2D eigenvalue weighted by Crippen LogP contribution is -2.53. The van der Waals surface area contributed by atoms with Gasteiger partial charge < -0.3 is 14.2 Å². The molecule has 2 saturated heterocycles. The Kier molecular flexibility index (Phi) is 4.78. The van der Waals surface area contributed by atoms with Crippen molar-refractivity contribution in [2.24, 2.45) is 0 Å². The average Bonchev–Trinajstić information content (AvgIpc) is 3.05. The Balaban J connectivity index is 1.54. The van der Waals surface area contributed by atoms with E-state index in [4.69, 9.17) is 9.26 Å². The summed E-state index contributed by atoms with van der Waals surface area (Å²) in [4.78, 5) is 16.9. The molecule has 3 heterocycles. The molecule has 122 valence electrons. The Morgan fingerprint density at radius 1 is 1.23 bits per heavy atom. The maximum absolute atomic E-state index is 12.5. The van der Waals surface area contributed by atoms with Gasteiger partial charge in [0.2, 0.25) is 0 Å². The summed E-state index contributed by atoms with van der Waals surface area (Å²) in [5, 5.41) is 3.93. The number of amides is 1. The van der Waals surface area contributed by atoms with Crippen molar-refractivity contribution < 1.29 is 14.1 Å². The van der Waals surface area contributed by atoms with Gasteiger partial charge in [-0.3, -0.25) is 9.69 Å². The SMILES string of the molecule is CC(C)c1cc(C(=O)N2CCN(C3CCOCC3)CC2)no1. The molecule has 2 aliphatic rings. The minimum absolute atomic E-state index is 0.0118. The second-order valence-electron chi connectivity index (χ2n) is 6.44. The maximum Gasteiger partial charge on any atom is 0.276 e. The maximum atomic E-state index is 12.5. The Bertz CT molecular complexity index is 500. The molecule has 0 N–H and O–H groups in total. The monoisotopic (exact) mass is 307 g/mol. The normalized spacial score (nSPS) is 21.5. The van der Waals surface area contributed by atoms with Crippen LogP contribution < -0.4 is 0 Å². The summed E-state index contributed by atoms with van der Waals surface area (Å²) in [6, 6.07) is 2.39. The van der Waals surface area contributed by atoms with E-state index in [2.05, 4.69) is 10.1 Å². The second-order valence-corrected chi connectivity index (χ2v) is 6.44. The van der Waals surface area contributed by atoms with E-state index in [1.54, 1.807) is 6.07 Å². The zero-order chi connectivity index (χ0) is 15.5. The number of rotatable bonds is 3. The van der Waals surface area contributed by atoms with Crippen molar-refractivity contribution >= 4 is 5.91 Å². The molecular formula is C16H25N3O3. The molecule has 3 rings (SSSR count). The van der Waals surface area contributed by atoms with Crippen LogP contribution in [0.15, 0.2) is 10.6 Å². The first-order valence-corrected chi connectivity index (χ1v) is 8.23. The van der Waals surface area contributed by atoms with Gasteiger partial charge >= 0.3 is 0 Å². The summed E-state index contributed by atoms with van der Waals surface area (Å²) >= 11 is 0. The van der Waals surface area contributed by atoms with Crippen LogP contribution in [0.1, 0.15) is 48.9 Å². The topological polar surface area (TPSA) is 58.8 Å². The van der Waals surface area contributed by atoms with Crippen molar-refractivity contribution in [1.82, 2.24) is 15.0 Å². The molecule has 22 heavy (non-hydrogen) atoms. The summed E-state index contributed by atoms with van der Waals surface area (Å²) in [5.41, 5.74) is 0.434. The lowest BCUT2D eigenvalue weighted by Gasteiger charge is -2.40. The second kappa shape index (κ2) is 6.79. The summed E-state index contributed by atoms with van der Waals surface area (Å²) in [7, 11) is 0. The largest absolute Gasteiger partial charge is 0.381 e. The van der Waals surface area contributed by atoms with Gasteiger partial charge in [0.25, 0.3) is 5.91 Å². The average molecular weight is 307 g/mol. The number of carbonyl (C=O) groups excluding carboxylic acids is 1. The molecule has 6 nitrogen and oxygen atoms in total. The van der Waals surface area contributed by atoms with E-state index in [0.29, 0.717) is 11.7 Å². The summed E-state index contributed by atoms with van der Waals surface area (Å²) in [6.07, 6.45) is 2.21. The van der Waals surface area contributed by atoms with Gasteiger partial charge in [-0.25, -0.2) is 0 Å². The third kappa shape index (κ3) is 3.33. The molecule has 0 spiro atoms. The third-order valence-electron chi connectivity index (χ3n) is 4.63. The van der Waals surface area contributed by atoms with E-state index in [1.165, 1.54) is 0 Å². The van der Waals surface area contributed by atoms with E-state index in [-0.39, 0.29) is 11.8 Å². The first-order valence-electron chi connectivity index (χ1n) is 8.23. The van der Waals surface area contributed by atoms with Gasteiger partial charge in [0, 0.05) is 57.4 Å². The first kappa shape index (κ1) is 15.5. The highest BCUT2D eigenvalue weighted by Crippen LogP contribution is 2.19. The van der Waals surface area contributed by atoms with Crippen LogP contribution in [0.2, 0.25) is 0 Å². The van der Waals surface area contributed by atoms with Gasteiger partial charge in [-0.05, 0) is 12.8 Å². The highest BCUT2D eigenvalue weighted by atomic mass is 16.5. The van der Waals surface area contributed by atoms with Crippen molar-refractivity contribution in [3.8, 4) is 0 Å². The van der Waals surface area contributed by atoms with E-state index < -0.39 is 0 Å². The molecule has 2 fully saturated rings. The Morgan fingerprint density at radius 3 is 2.50 bits per heavy atom. The highest BCUT2D eigenvalue weighted by molar-refractivity contribution is 5.92. The Hall–Kier alpha value is -1.40. The van der Waals surface area contributed by atoms with Crippen LogP contribution in [0, 0.1) is 0 Å². The van der Waals surface area contributed by atoms with Crippen LogP contribution in [0.3, 0.4) is 0 Å². The van der Waals surface area contributed by atoms with Crippen LogP contribution in [-0.4, -0.2) is 66.3 Å². The van der Waals surface area contributed by atoms with Gasteiger partial charge in [-0.15, -0.1) is 0 Å². The molecule has 0 unspecified atom stereocenters. The zero-order valence-electron chi connectivity index (χ0n) is 13.5. The lowest BCUT2D eigenvalue weighted by molar-refractivity contribution is 0.0135. The van der Waals surface area contributed by atoms with E-state index in [9.17, 15) is 4.79 Å². The van der Waals surface area contributed by atoms with Crippen molar-refractivity contribution in [2.75, 3.05) is 39.4 Å². The molecule has 0 aliphatic carbocycles. The van der Waals surface area contributed by atoms with Gasteiger partial charge in [0.05, 0.1) is 0 Å². The fraction of sp³-hybridized carbons (Fsp3) is 0.750. The van der Waals surface area contributed by atoms with Gasteiger partial charge in [0.1, 0.15) is 5.76 Å². The van der Waals surface area contributed by atoms with E-state index >= 15 is 0 Å². The Morgan fingerprint density at radius 2 is 1.91 bits per heavy atom. The predicted molar refractivity (Wildman–Crippen MR) is 81.9 cm³/mol. The number of aromatic nitrogens is 1. The fourth-order valence-electron chi connectivity index (χ4n) is 3.16. The van der Waals surface area contributed by atoms with Gasteiger partial charge in [0.15, 0.2) is 5.69 Å². The molecule has 6 heteroatoms. The lowest BCUT2D eigenvalue weighted by atomic mass is 10.1. The van der Waals surface area contributed by atoms with Crippen molar-refractivity contribution in [1.29, 1.82) is 0 Å². The molecule has 1 aromatic rings. The number of hydrogen-bond acceptors (Lipinski definition) is 5. The van der Waals surface area contributed by atoms with Crippen LogP contribution >= 0.6 is 0 Å². The molecular weight excluding hydrogens is 282 g/mol. The molecule has 0 atom stereocenters. The van der Waals surface area contributed by atoms with Crippen LogP contribution in [0.25, 0.3) is 0 Å². The standard InChI is InChI=1S/C16H25N3O3/c1-12(2)15-11-14(17-22-15)16(20)19-7-5-18(6-8-19)13-3-9-21-10-4-13/h11-13H,3-10H2,1-2H3. The molecule has 1 aromatic heterocycles. The van der Waals surface area contributed by atoms with Crippen molar-refractivity contribution in [3.05, 3.63) is 17.5 Å². The van der Waals surface area contributed by atoms with Crippen molar-refractivity contribution in [3.63, 3.8) is 0 Å². The quantitative estimate of drug-likeness (QED) is 0.851. The highest BCUT2D eigenvalue weighted by Gasteiger charge is 2.28. The number of carbonyl (C=O) groups is 1. The molecule has 0 bridgehead atoms. The zero-order valence-corrected chi connectivity index (χ0v) is 13.5. The summed E-state index contributed by atoms with van der Waals surface area (Å²) in [5.74, 6) is 1.01. The molecule has 0 saturated carbocycles. The van der Waals surface area contributed by atoms with Crippen LogP contribution in [-0.2, 0) is 4.74 Å². The number of hydrogen-bond donors (Lipinski definition) is 0. The molecule has 1 amide bonds. The van der Waals surface area contributed by atoms with Gasteiger partial charge in [-0.2, -0.15) is 0 Å². The minimum atomic E-state index is -0.0118. The fourth-order valence-corrected chi connectivity index (χ4v) is 3.16. The molecule has 0 aromatic carbocycles. The first-order chi connectivity index (χ1) is 10.6. The number of piperazine rings is 1. The number of nitrogens with zero attached hydrogens (tertiary/aromatic N) is 3. The summed E-state index contributed by atoms with van der Waals surface area (Å²) < 4.78 is 10.7. The third-order valence-corrected chi connectivity index (χ3v) is 4.63. The van der Waals surface area contributed by atoms with Crippen LogP contribution in [0.4, 0.5) is 0 Å². The predicted octanol–water partition coefficient (Wildman–Crippen LogP) is 1.73. The smallest absolute Gasteiger partial charge is 0.276 e. The van der Waals surface area contributed by atoms with Crippen LogP contribution in [0.5, 0.6) is 0 Å². The van der Waals surface area contributed by atoms with Gasteiger partial charge in [-0.1, -0.05) is 19.0 Å². The Labute approximate surface area is 131 Å². The van der Waals surface area contributed by atoms with Crippen molar-refractivity contribution in [2.45, 2.75) is 38.6 Å². The molecule has 0 radical (unpaired) electrons. The number of ether oxygens (including phenoxy) is 1. The molecule has 2 aliphatic heterocycles.